The second-order valence-corrected chi connectivity index (χ2v) is 5.18. The Labute approximate surface area is 139 Å². The van der Waals surface area contributed by atoms with Crippen LogP contribution in [0.4, 0.5) is 5.69 Å². The number of amides is 2. The zero-order valence-corrected chi connectivity index (χ0v) is 13.0. The van der Waals surface area contributed by atoms with Crippen LogP contribution >= 0.6 is 0 Å². The molecule has 0 aromatic carbocycles. The number of carbonyl (C=O) groups excluding carboxylic acids is 3. The zero-order valence-electron chi connectivity index (χ0n) is 13.0. The minimum Gasteiger partial charge on any atom is -0.365 e. The van der Waals surface area contributed by atoms with Crippen molar-refractivity contribution in [3.05, 3.63) is 61.8 Å². The summed E-state index contributed by atoms with van der Waals surface area (Å²) in [6.45, 7) is -0.580. The van der Waals surface area contributed by atoms with E-state index in [2.05, 4.69) is 0 Å². The maximum Gasteiger partial charge on any atom is 0.286 e. The predicted octanol–water partition coefficient (Wildman–Crippen LogP) is -0.824. The summed E-state index contributed by atoms with van der Waals surface area (Å²) in [5, 5.41) is 10.9. The van der Waals surface area contributed by atoms with Crippen LogP contribution in [0, 0.1) is 10.1 Å². The van der Waals surface area contributed by atoms with Gasteiger partial charge in [0.2, 0.25) is 0 Å². The quantitative estimate of drug-likeness (QED) is 0.392. The van der Waals surface area contributed by atoms with Gasteiger partial charge in [0.25, 0.3) is 23.1 Å². The Morgan fingerprint density at radius 3 is 2.28 bits per heavy atom. The Bertz CT molecular complexity index is 971. The maximum absolute atomic E-state index is 12.3. The lowest BCUT2D eigenvalue weighted by Crippen LogP contribution is -2.31. The van der Waals surface area contributed by atoms with Crippen molar-refractivity contribution in [1.82, 2.24) is 9.13 Å². The van der Waals surface area contributed by atoms with E-state index in [9.17, 15) is 29.3 Å². The average molecular weight is 347 g/mol. The SMILES string of the molecule is Cn1cc(C(=O)Cn2cc([N+](=O)[O-])cc(C(N)=O)c2=O)cc1C(N)=O. The third kappa shape index (κ3) is 3.44. The highest BCUT2D eigenvalue weighted by Gasteiger charge is 2.20. The molecule has 0 aliphatic carbocycles. The number of nitro groups is 1. The van der Waals surface area contributed by atoms with Crippen molar-refractivity contribution in [1.29, 1.82) is 0 Å². The van der Waals surface area contributed by atoms with E-state index in [1.165, 1.54) is 23.9 Å². The number of ketones is 1. The summed E-state index contributed by atoms with van der Waals surface area (Å²) in [6.07, 6.45) is 2.17. The average Bonchev–Trinajstić information content (AvgIpc) is 2.90. The van der Waals surface area contributed by atoms with Gasteiger partial charge in [-0.05, 0) is 6.07 Å². The molecule has 4 N–H and O–H groups in total. The van der Waals surface area contributed by atoms with Crippen LogP contribution in [0.25, 0.3) is 0 Å². The predicted molar refractivity (Wildman–Crippen MR) is 84.1 cm³/mol. The van der Waals surface area contributed by atoms with Gasteiger partial charge in [-0.15, -0.1) is 0 Å². The van der Waals surface area contributed by atoms with Gasteiger partial charge in [0.15, 0.2) is 5.78 Å². The van der Waals surface area contributed by atoms with Crippen LogP contribution in [0.2, 0.25) is 0 Å². The van der Waals surface area contributed by atoms with Gasteiger partial charge in [0, 0.05) is 24.9 Å². The fourth-order valence-electron chi connectivity index (χ4n) is 2.22. The highest BCUT2D eigenvalue weighted by Crippen LogP contribution is 2.12. The Hall–Kier alpha value is -3.76. The topological polar surface area (TPSA) is 173 Å². The van der Waals surface area contributed by atoms with Gasteiger partial charge in [0.1, 0.15) is 11.3 Å². The summed E-state index contributed by atoms with van der Waals surface area (Å²) < 4.78 is 2.05. The molecule has 0 bridgehead atoms. The van der Waals surface area contributed by atoms with Gasteiger partial charge >= 0.3 is 0 Å². The van der Waals surface area contributed by atoms with Crippen molar-refractivity contribution >= 4 is 23.3 Å². The maximum atomic E-state index is 12.3. The molecule has 11 nitrogen and oxygen atoms in total. The van der Waals surface area contributed by atoms with E-state index in [1.807, 2.05) is 0 Å². The normalized spacial score (nSPS) is 10.4. The molecule has 2 rings (SSSR count). The number of pyridine rings is 1. The summed E-state index contributed by atoms with van der Waals surface area (Å²) in [6, 6.07) is 1.99. The van der Waals surface area contributed by atoms with Crippen molar-refractivity contribution in [3.63, 3.8) is 0 Å². The standard InChI is InChI=1S/C14H13N5O6/c1-17-4-7(2-10(17)13(16)22)11(20)6-18-5-8(19(24)25)3-9(12(15)21)14(18)23/h2-5H,6H2,1H3,(H2,15,21)(H2,16,22). The van der Waals surface area contributed by atoms with Gasteiger partial charge in [-0.3, -0.25) is 29.3 Å². The van der Waals surface area contributed by atoms with E-state index >= 15 is 0 Å². The molecule has 2 aromatic rings. The fourth-order valence-corrected chi connectivity index (χ4v) is 2.22. The van der Waals surface area contributed by atoms with E-state index in [4.69, 9.17) is 11.5 Å². The first-order valence-electron chi connectivity index (χ1n) is 6.80. The van der Waals surface area contributed by atoms with Crippen LogP contribution in [-0.4, -0.2) is 31.7 Å². The molecule has 0 radical (unpaired) electrons. The fraction of sp³-hybridized carbons (Fsp3) is 0.143. The summed E-state index contributed by atoms with van der Waals surface area (Å²) >= 11 is 0. The number of primary amides is 2. The summed E-state index contributed by atoms with van der Waals surface area (Å²) in [5.41, 5.74) is 8.25. The number of hydrogen-bond acceptors (Lipinski definition) is 6. The molecule has 2 amide bonds. The summed E-state index contributed by atoms with van der Waals surface area (Å²) in [4.78, 5) is 57.0. The Balaban J connectivity index is 2.45. The molecule has 0 saturated heterocycles. The van der Waals surface area contributed by atoms with E-state index in [-0.39, 0.29) is 11.3 Å². The number of carbonyl (C=O) groups is 3. The molecule has 0 fully saturated rings. The molecule has 0 spiro atoms. The summed E-state index contributed by atoms with van der Waals surface area (Å²) in [7, 11) is 1.50. The largest absolute Gasteiger partial charge is 0.365 e. The molecule has 0 unspecified atom stereocenters. The molecular formula is C14H13N5O6. The van der Waals surface area contributed by atoms with E-state index in [0.29, 0.717) is 0 Å². The molecule has 0 atom stereocenters. The number of nitrogens with two attached hydrogens (primary N) is 2. The van der Waals surface area contributed by atoms with Gasteiger partial charge < -0.3 is 20.6 Å². The second-order valence-electron chi connectivity index (χ2n) is 5.18. The van der Waals surface area contributed by atoms with Gasteiger partial charge in [-0.1, -0.05) is 0 Å². The lowest BCUT2D eigenvalue weighted by Gasteiger charge is -2.06. The monoisotopic (exact) mass is 347 g/mol. The molecule has 0 aliphatic heterocycles. The number of nitrogens with zero attached hydrogens (tertiary/aromatic N) is 3. The van der Waals surface area contributed by atoms with Crippen molar-refractivity contribution < 1.29 is 19.3 Å². The molecule has 0 saturated carbocycles. The van der Waals surface area contributed by atoms with Crippen LogP contribution in [0.3, 0.4) is 0 Å². The first-order valence-corrected chi connectivity index (χ1v) is 6.80. The first-order chi connectivity index (χ1) is 11.6. The number of hydrogen-bond donors (Lipinski definition) is 2. The number of rotatable bonds is 6. The third-order valence-corrected chi connectivity index (χ3v) is 3.44. The van der Waals surface area contributed by atoms with Gasteiger partial charge in [0.05, 0.1) is 17.7 Å². The van der Waals surface area contributed by atoms with Crippen LogP contribution in [0.5, 0.6) is 0 Å². The Morgan fingerprint density at radius 1 is 1.16 bits per heavy atom. The van der Waals surface area contributed by atoms with Crippen molar-refractivity contribution in [3.8, 4) is 0 Å². The highest BCUT2D eigenvalue weighted by molar-refractivity contribution is 6.00. The molecule has 25 heavy (non-hydrogen) atoms. The summed E-state index contributed by atoms with van der Waals surface area (Å²) in [5.74, 6) is -2.50. The molecule has 11 heteroatoms. The van der Waals surface area contributed by atoms with Crippen LogP contribution < -0.4 is 17.0 Å². The van der Waals surface area contributed by atoms with Crippen molar-refractivity contribution in [2.24, 2.45) is 18.5 Å². The highest BCUT2D eigenvalue weighted by atomic mass is 16.6. The third-order valence-electron chi connectivity index (χ3n) is 3.44. The van der Waals surface area contributed by atoms with E-state index in [0.717, 1.165) is 16.8 Å². The zero-order chi connectivity index (χ0) is 18.9. The van der Waals surface area contributed by atoms with Crippen LogP contribution in [0.1, 0.15) is 31.2 Å². The van der Waals surface area contributed by atoms with Crippen molar-refractivity contribution in [2.45, 2.75) is 6.54 Å². The smallest absolute Gasteiger partial charge is 0.286 e. The number of aromatic nitrogens is 2. The molecular weight excluding hydrogens is 334 g/mol. The molecule has 0 aliphatic rings. The van der Waals surface area contributed by atoms with Gasteiger partial charge in [-0.2, -0.15) is 0 Å². The number of aryl methyl sites for hydroxylation is 1. The molecule has 2 heterocycles. The lowest BCUT2D eigenvalue weighted by molar-refractivity contribution is -0.385. The Morgan fingerprint density at radius 2 is 1.80 bits per heavy atom. The second kappa shape index (κ2) is 6.39. The molecule has 130 valence electrons. The van der Waals surface area contributed by atoms with Gasteiger partial charge in [-0.25, -0.2) is 0 Å². The first kappa shape index (κ1) is 17.6. The number of Topliss-reactive ketones (excluding diaryl/α,β-unsaturated/α-hetero) is 1. The minimum atomic E-state index is -1.15. The van der Waals surface area contributed by atoms with E-state index < -0.39 is 45.9 Å². The van der Waals surface area contributed by atoms with Crippen LogP contribution in [0.15, 0.2) is 29.3 Å². The molecule has 2 aromatic heterocycles. The Kier molecular flexibility index (Phi) is 4.50. The van der Waals surface area contributed by atoms with Crippen LogP contribution in [-0.2, 0) is 13.6 Å². The van der Waals surface area contributed by atoms with E-state index in [1.54, 1.807) is 0 Å². The minimum absolute atomic E-state index is 0.0764. The lowest BCUT2D eigenvalue weighted by atomic mass is 10.2. The van der Waals surface area contributed by atoms with Crippen molar-refractivity contribution in [2.75, 3.05) is 0 Å².